The van der Waals surface area contributed by atoms with Crippen molar-refractivity contribution in [2.75, 3.05) is 20.3 Å². The normalized spacial score (nSPS) is 12.4. The fraction of sp³-hybridized carbons (Fsp3) is 0.571. The Kier molecular flexibility index (Phi) is 6.67. The molecule has 0 saturated carbocycles. The van der Waals surface area contributed by atoms with Gasteiger partial charge in [-0.1, -0.05) is 12.1 Å². The average Bonchev–Trinajstić information content (AvgIpc) is 2.36. The van der Waals surface area contributed by atoms with Crippen molar-refractivity contribution < 1.29 is 9.84 Å². The lowest BCUT2D eigenvalue weighted by Gasteiger charge is -2.11. The molecule has 3 nitrogen and oxygen atoms in total. The first-order valence-electron chi connectivity index (χ1n) is 6.26. The molecule has 3 heteroatoms. The number of nitrogens with one attached hydrogen (secondary N) is 1. The predicted molar refractivity (Wildman–Crippen MR) is 70.5 cm³/mol. The molecule has 1 atom stereocenters. The number of benzene rings is 1. The molecule has 1 aromatic carbocycles. The summed E-state index contributed by atoms with van der Waals surface area (Å²) in [5.74, 6) is 0.906. The highest BCUT2D eigenvalue weighted by atomic mass is 16.5. The Labute approximate surface area is 104 Å². The molecule has 0 aromatic heterocycles. The molecule has 0 fully saturated rings. The number of hydrogen-bond donors (Lipinski definition) is 2. The SMILES string of the molecule is CNC(C)Cc1ccc(OCCCCO)cc1. The van der Waals surface area contributed by atoms with Crippen molar-refractivity contribution in [3.8, 4) is 5.75 Å². The lowest BCUT2D eigenvalue weighted by atomic mass is 10.1. The van der Waals surface area contributed by atoms with E-state index in [9.17, 15) is 0 Å². The van der Waals surface area contributed by atoms with E-state index in [1.54, 1.807) is 0 Å². The summed E-state index contributed by atoms with van der Waals surface area (Å²) in [6, 6.07) is 8.73. The number of likely N-dealkylation sites (N-methyl/N-ethyl adjacent to an activating group) is 1. The third-order valence-corrected chi connectivity index (χ3v) is 2.78. The third-order valence-electron chi connectivity index (χ3n) is 2.78. The summed E-state index contributed by atoms with van der Waals surface area (Å²) in [7, 11) is 1.98. The van der Waals surface area contributed by atoms with E-state index in [1.165, 1.54) is 5.56 Å². The van der Waals surface area contributed by atoms with Gasteiger partial charge in [0.05, 0.1) is 6.61 Å². The predicted octanol–water partition coefficient (Wildman–Crippen LogP) is 1.99. The Morgan fingerprint density at radius 3 is 2.53 bits per heavy atom. The standard InChI is InChI=1S/C14H23NO2/c1-12(15-2)11-13-5-7-14(8-6-13)17-10-4-3-9-16/h5-8,12,15-16H,3-4,9-11H2,1-2H3. The van der Waals surface area contributed by atoms with Crippen LogP contribution in [0.5, 0.6) is 5.75 Å². The number of rotatable bonds is 8. The molecular weight excluding hydrogens is 214 g/mol. The molecule has 0 heterocycles. The Bertz CT molecular complexity index is 298. The maximum Gasteiger partial charge on any atom is 0.119 e. The monoisotopic (exact) mass is 237 g/mol. The van der Waals surface area contributed by atoms with Crippen molar-refractivity contribution in [3.63, 3.8) is 0 Å². The molecule has 0 aliphatic rings. The van der Waals surface area contributed by atoms with Gasteiger partial charge < -0.3 is 15.2 Å². The molecule has 96 valence electrons. The number of hydrogen-bond acceptors (Lipinski definition) is 3. The van der Waals surface area contributed by atoms with Crippen LogP contribution < -0.4 is 10.1 Å². The van der Waals surface area contributed by atoms with Gasteiger partial charge in [-0.3, -0.25) is 0 Å². The molecule has 17 heavy (non-hydrogen) atoms. The van der Waals surface area contributed by atoms with Crippen molar-refractivity contribution in [1.29, 1.82) is 0 Å². The van der Waals surface area contributed by atoms with Crippen LogP contribution in [0.15, 0.2) is 24.3 Å². The van der Waals surface area contributed by atoms with E-state index in [0.29, 0.717) is 12.6 Å². The smallest absolute Gasteiger partial charge is 0.119 e. The molecule has 0 amide bonds. The number of unbranched alkanes of at least 4 members (excludes halogenated alkanes) is 1. The second kappa shape index (κ2) is 8.09. The highest BCUT2D eigenvalue weighted by Crippen LogP contribution is 2.13. The quantitative estimate of drug-likeness (QED) is 0.679. The van der Waals surface area contributed by atoms with Crippen molar-refractivity contribution in [2.45, 2.75) is 32.2 Å². The summed E-state index contributed by atoms with van der Waals surface area (Å²) >= 11 is 0. The van der Waals surface area contributed by atoms with Gasteiger partial charge in [-0.05, 0) is 50.9 Å². The van der Waals surface area contributed by atoms with Crippen LogP contribution in [0.3, 0.4) is 0 Å². The van der Waals surface area contributed by atoms with Gasteiger partial charge in [-0.25, -0.2) is 0 Å². The van der Waals surface area contributed by atoms with Crippen LogP contribution in [0, 0.1) is 0 Å². The van der Waals surface area contributed by atoms with E-state index in [-0.39, 0.29) is 6.61 Å². The van der Waals surface area contributed by atoms with Crippen LogP contribution in [0.4, 0.5) is 0 Å². The van der Waals surface area contributed by atoms with Gasteiger partial charge in [0.15, 0.2) is 0 Å². The second-order valence-electron chi connectivity index (χ2n) is 4.32. The topological polar surface area (TPSA) is 41.5 Å². The number of ether oxygens (including phenoxy) is 1. The van der Waals surface area contributed by atoms with E-state index in [0.717, 1.165) is 25.0 Å². The molecule has 2 N–H and O–H groups in total. The van der Waals surface area contributed by atoms with Gasteiger partial charge in [0.2, 0.25) is 0 Å². The minimum Gasteiger partial charge on any atom is -0.494 e. The molecule has 1 aromatic rings. The molecular formula is C14H23NO2. The van der Waals surface area contributed by atoms with E-state index in [1.807, 2.05) is 19.2 Å². The first kappa shape index (κ1) is 14.0. The van der Waals surface area contributed by atoms with Crippen LogP contribution in [-0.2, 0) is 6.42 Å². The van der Waals surface area contributed by atoms with E-state index < -0.39 is 0 Å². The van der Waals surface area contributed by atoms with Crippen LogP contribution in [0.1, 0.15) is 25.3 Å². The molecule has 0 radical (unpaired) electrons. The van der Waals surface area contributed by atoms with Crippen LogP contribution in [0.25, 0.3) is 0 Å². The lowest BCUT2D eigenvalue weighted by molar-refractivity contribution is 0.253. The first-order chi connectivity index (χ1) is 8.26. The van der Waals surface area contributed by atoms with Crippen LogP contribution >= 0.6 is 0 Å². The van der Waals surface area contributed by atoms with Crippen LogP contribution in [0.2, 0.25) is 0 Å². The molecule has 1 unspecified atom stereocenters. The third kappa shape index (κ3) is 5.71. The molecule has 0 saturated heterocycles. The summed E-state index contributed by atoms with van der Waals surface area (Å²) in [5, 5.41) is 11.9. The van der Waals surface area contributed by atoms with Gasteiger partial charge >= 0.3 is 0 Å². The van der Waals surface area contributed by atoms with E-state index in [4.69, 9.17) is 9.84 Å². The van der Waals surface area contributed by atoms with Crippen LogP contribution in [-0.4, -0.2) is 31.4 Å². The number of aliphatic hydroxyl groups excluding tert-OH is 1. The first-order valence-corrected chi connectivity index (χ1v) is 6.26. The maximum absolute atomic E-state index is 8.65. The zero-order valence-corrected chi connectivity index (χ0v) is 10.8. The molecule has 0 bridgehead atoms. The Morgan fingerprint density at radius 1 is 1.24 bits per heavy atom. The minimum atomic E-state index is 0.240. The summed E-state index contributed by atoms with van der Waals surface area (Å²) in [5.41, 5.74) is 1.31. The van der Waals surface area contributed by atoms with E-state index >= 15 is 0 Å². The largest absolute Gasteiger partial charge is 0.494 e. The fourth-order valence-corrected chi connectivity index (χ4v) is 1.58. The van der Waals surface area contributed by atoms with Crippen molar-refractivity contribution in [1.82, 2.24) is 5.32 Å². The summed E-state index contributed by atoms with van der Waals surface area (Å²) < 4.78 is 5.57. The Morgan fingerprint density at radius 2 is 1.94 bits per heavy atom. The Balaban J connectivity index is 2.34. The maximum atomic E-state index is 8.65. The molecule has 1 rings (SSSR count). The van der Waals surface area contributed by atoms with Gasteiger partial charge in [-0.2, -0.15) is 0 Å². The lowest BCUT2D eigenvalue weighted by Crippen LogP contribution is -2.23. The Hall–Kier alpha value is -1.06. The minimum absolute atomic E-state index is 0.240. The fourth-order valence-electron chi connectivity index (χ4n) is 1.58. The highest BCUT2D eigenvalue weighted by Gasteiger charge is 2.00. The summed E-state index contributed by atoms with van der Waals surface area (Å²) in [6.07, 6.45) is 2.73. The van der Waals surface area contributed by atoms with Gasteiger partial charge in [0.1, 0.15) is 5.75 Å². The zero-order valence-electron chi connectivity index (χ0n) is 10.8. The second-order valence-corrected chi connectivity index (χ2v) is 4.32. The van der Waals surface area contributed by atoms with Crippen molar-refractivity contribution in [3.05, 3.63) is 29.8 Å². The van der Waals surface area contributed by atoms with Crippen molar-refractivity contribution >= 4 is 0 Å². The zero-order chi connectivity index (χ0) is 12.5. The molecule has 0 spiro atoms. The average molecular weight is 237 g/mol. The van der Waals surface area contributed by atoms with Crippen molar-refractivity contribution in [2.24, 2.45) is 0 Å². The molecule has 0 aliphatic carbocycles. The summed E-state index contributed by atoms with van der Waals surface area (Å²) in [6.45, 7) is 3.08. The van der Waals surface area contributed by atoms with Gasteiger partial charge in [-0.15, -0.1) is 0 Å². The van der Waals surface area contributed by atoms with E-state index in [2.05, 4.69) is 24.4 Å². The highest BCUT2D eigenvalue weighted by molar-refractivity contribution is 5.27. The number of aliphatic hydroxyl groups is 1. The van der Waals surface area contributed by atoms with Gasteiger partial charge in [0.25, 0.3) is 0 Å². The van der Waals surface area contributed by atoms with Gasteiger partial charge in [0, 0.05) is 12.6 Å². The molecule has 0 aliphatic heterocycles. The summed E-state index contributed by atoms with van der Waals surface area (Å²) in [4.78, 5) is 0.